The molecule has 1 aromatic rings. The Morgan fingerprint density at radius 1 is 1.18 bits per heavy atom. The molecule has 3 saturated heterocycles. The second-order valence-corrected chi connectivity index (χ2v) is 12.3. The number of nitrogens with zero attached hydrogens (tertiary/aromatic N) is 2. The molecule has 0 unspecified atom stereocenters. The number of fused-ring (bicyclic) bond motifs is 3. The Bertz CT molecular complexity index is 1110. The minimum absolute atomic E-state index is 0.000888. The lowest BCUT2D eigenvalue weighted by molar-refractivity contribution is -0.136. The van der Waals surface area contributed by atoms with E-state index in [2.05, 4.69) is 40.0 Å². The first kappa shape index (κ1) is 23.0. The van der Waals surface area contributed by atoms with E-state index in [1.54, 1.807) is 0 Å². The summed E-state index contributed by atoms with van der Waals surface area (Å²) >= 11 is 0. The fourth-order valence-corrected chi connectivity index (χ4v) is 8.70. The van der Waals surface area contributed by atoms with Crippen molar-refractivity contribution in [2.24, 2.45) is 11.8 Å². The molecule has 1 N–H and O–H groups in total. The van der Waals surface area contributed by atoms with Crippen LogP contribution in [-0.4, -0.2) is 74.3 Å². The van der Waals surface area contributed by atoms with E-state index in [0.717, 1.165) is 44.5 Å². The van der Waals surface area contributed by atoms with Gasteiger partial charge in [0, 0.05) is 25.7 Å². The van der Waals surface area contributed by atoms with Crippen LogP contribution in [-0.2, 0) is 27.8 Å². The van der Waals surface area contributed by atoms with Crippen LogP contribution in [0.5, 0.6) is 0 Å². The molecule has 0 aromatic heterocycles. The molecule has 3 aliphatic heterocycles. The van der Waals surface area contributed by atoms with Gasteiger partial charge in [-0.2, -0.15) is 30.6 Å². The van der Waals surface area contributed by atoms with Crippen LogP contribution in [0, 0.1) is 11.8 Å². The number of morpholine rings is 1. The van der Waals surface area contributed by atoms with E-state index in [-0.39, 0.29) is 18.4 Å². The molecule has 5 atom stereocenters. The Morgan fingerprint density at radius 3 is 2.62 bits per heavy atom. The van der Waals surface area contributed by atoms with Gasteiger partial charge in [-0.25, -0.2) is 0 Å². The molecule has 1 spiro atoms. The van der Waals surface area contributed by atoms with E-state index in [1.165, 1.54) is 11.1 Å². The molecule has 6 nitrogen and oxygen atoms in total. The van der Waals surface area contributed by atoms with Crippen molar-refractivity contribution in [1.82, 2.24) is 13.9 Å². The highest BCUT2D eigenvalue weighted by molar-refractivity contribution is 7.87. The van der Waals surface area contributed by atoms with E-state index < -0.39 is 28.5 Å². The lowest BCUT2D eigenvalue weighted by Gasteiger charge is -2.33. The molecular weight excluding hydrogens is 467 g/mol. The Kier molecular flexibility index (Phi) is 5.42. The van der Waals surface area contributed by atoms with Crippen LogP contribution in [0.1, 0.15) is 36.0 Å². The van der Waals surface area contributed by atoms with Crippen molar-refractivity contribution in [2.75, 3.05) is 32.8 Å². The predicted octanol–water partition coefficient (Wildman–Crippen LogP) is 2.75. The molecule has 34 heavy (non-hydrogen) atoms. The average molecular weight is 498 g/mol. The summed E-state index contributed by atoms with van der Waals surface area (Å²) in [6, 6.07) is 6.91. The molecule has 1 saturated carbocycles. The average Bonchev–Trinajstić information content (AvgIpc) is 3.46. The zero-order chi connectivity index (χ0) is 23.7. The van der Waals surface area contributed by atoms with Crippen molar-refractivity contribution in [3.8, 4) is 0 Å². The van der Waals surface area contributed by atoms with Crippen LogP contribution in [0.15, 0.2) is 24.3 Å². The summed E-state index contributed by atoms with van der Waals surface area (Å²) in [6.07, 6.45) is 4.30. The molecule has 6 rings (SSSR count). The van der Waals surface area contributed by atoms with Gasteiger partial charge in [-0.3, -0.25) is 4.90 Å². The maximum absolute atomic E-state index is 13.1. The maximum atomic E-state index is 13.1. The standard InChI is InChI=1S/C24H30F3N3O3S/c25-24(26,27)15-30-14-23(28-34(30,31)32)19-5-6-20(23)10-18-8-16(3-4-17(18)9-19)2-1-7-29-12-22-11-21(29)13-33-22/h1-4,8,19-22,28H,5-7,9-15H2/b2-1+/t19-,20+,21-,22-,23+/m0/s1. The molecule has 5 aliphatic rings. The number of alkyl halides is 3. The smallest absolute Gasteiger partial charge is 0.375 e. The molecule has 10 heteroatoms. The molecular formula is C24H30F3N3O3S. The maximum Gasteiger partial charge on any atom is 0.402 e. The van der Waals surface area contributed by atoms with Gasteiger partial charge in [-0.1, -0.05) is 30.4 Å². The molecule has 4 fully saturated rings. The molecule has 0 radical (unpaired) electrons. The van der Waals surface area contributed by atoms with Crippen molar-refractivity contribution in [1.29, 1.82) is 0 Å². The number of ether oxygens (including phenoxy) is 1. The monoisotopic (exact) mass is 497 g/mol. The highest BCUT2D eigenvalue weighted by Crippen LogP contribution is 2.50. The van der Waals surface area contributed by atoms with Gasteiger partial charge in [0.15, 0.2) is 0 Å². The van der Waals surface area contributed by atoms with Crippen molar-refractivity contribution in [3.63, 3.8) is 0 Å². The third kappa shape index (κ3) is 4.01. The summed E-state index contributed by atoms with van der Waals surface area (Å²) in [5.41, 5.74) is 2.66. The van der Waals surface area contributed by atoms with Crippen molar-refractivity contribution < 1.29 is 26.3 Å². The number of rotatable bonds is 4. The number of likely N-dealkylation sites (tertiary alicyclic amines) is 1. The SMILES string of the molecule is O=S1(=O)N[C@@]2(CN1CC(F)(F)F)[C@@H]1CC[C@H]2Cc2ccc(/C=C/CN3C[C@@H]4C[C@H]3CO4)cc2C1. The fourth-order valence-electron chi connectivity index (χ4n) is 7.00. The number of halogens is 3. The first-order chi connectivity index (χ1) is 16.1. The lowest BCUT2D eigenvalue weighted by atomic mass is 9.79. The third-order valence-electron chi connectivity index (χ3n) is 8.60. The second kappa shape index (κ2) is 8.03. The van der Waals surface area contributed by atoms with E-state index in [0.29, 0.717) is 29.3 Å². The van der Waals surface area contributed by atoms with Gasteiger partial charge in [0.05, 0.1) is 18.2 Å². The third-order valence-corrected chi connectivity index (χ3v) is 10.2. The lowest BCUT2D eigenvalue weighted by Crippen LogP contribution is -2.52. The van der Waals surface area contributed by atoms with Crippen LogP contribution in [0.2, 0.25) is 0 Å². The molecule has 186 valence electrons. The summed E-state index contributed by atoms with van der Waals surface area (Å²) < 4.78 is 73.4. The Hall–Kier alpha value is -1.46. The number of hydrogen-bond donors (Lipinski definition) is 1. The van der Waals surface area contributed by atoms with Gasteiger partial charge >= 0.3 is 6.18 Å². The fraction of sp³-hybridized carbons (Fsp3) is 0.667. The first-order valence-corrected chi connectivity index (χ1v) is 13.6. The Labute approximate surface area is 198 Å². The minimum Gasteiger partial charge on any atom is -0.375 e. The largest absolute Gasteiger partial charge is 0.402 e. The first-order valence-electron chi connectivity index (χ1n) is 12.1. The zero-order valence-corrected chi connectivity index (χ0v) is 19.7. The summed E-state index contributed by atoms with van der Waals surface area (Å²) in [5.74, 6) is -0.00732. The highest BCUT2D eigenvalue weighted by atomic mass is 32.2. The van der Waals surface area contributed by atoms with E-state index >= 15 is 0 Å². The van der Waals surface area contributed by atoms with E-state index in [1.807, 2.05) is 0 Å². The Balaban J connectivity index is 1.19. The molecule has 3 heterocycles. The summed E-state index contributed by atoms with van der Waals surface area (Å²) in [4.78, 5) is 2.45. The minimum atomic E-state index is -4.56. The van der Waals surface area contributed by atoms with Crippen LogP contribution in [0.3, 0.4) is 0 Å². The van der Waals surface area contributed by atoms with Gasteiger partial charge < -0.3 is 4.74 Å². The van der Waals surface area contributed by atoms with Gasteiger partial charge in [0.1, 0.15) is 6.54 Å². The predicted molar refractivity (Wildman–Crippen MR) is 121 cm³/mol. The van der Waals surface area contributed by atoms with Crippen molar-refractivity contribution in [3.05, 3.63) is 41.0 Å². The quantitative estimate of drug-likeness (QED) is 0.695. The highest BCUT2D eigenvalue weighted by Gasteiger charge is 2.60. The molecule has 0 amide bonds. The van der Waals surface area contributed by atoms with Gasteiger partial charge in [0.2, 0.25) is 0 Å². The van der Waals surface area contributed by atoms with Gasteiger partial charge in [-0.05, 0) is 60.6 Å². The summed E-state index contributed by atoms with van der Waals surface area (Å²) in [6.45, 7) is 1.17. The Morgan fingerprint density at radius 2 is 1.94 bits per heavy atom. The van der Waals surface area contributed by atoms with E-state index in [4.69, 9.17) is 4.74 Å². The van der Waals surface area contributed by atoms with Gasteiger partial charge in [-0.15, -0.1) is 0 Å². The molecule has 2 aliphatic carbocycles. The summed E-state index contributed by atoms with van der Waals surface area (Å²) in [7, 11) is -4.15. The number of benzene rings is 1. The molecule has 1 aromatic carbocycles. The number of hydrogen-bond acceptors (Lipinski definition) is 4. The van der Waals surface area contributed by atoms with Crippen LogP contribution in [0.25, 0.3) is 6.08 Å². The number of nitrogens with one attached hydrogen (secondary N) is 1. The molecule has 4 bridgehead atoms. The summed E-state index contributed by atoms with van der Waals surface area (Å²) in [5, 5.41) is 0. The normalized spacial score (nSPS) is 37.1. The second-order valence-electron chi connectivity index (χ2n) is 10.6. The zero-order valence-electron chi connectivity index (χ0n) is 18.9. The van der Waals surface area contributed by atoms with Crippen LogP contribution in [0.4, 0.5) is 13.2 Å². The van der Waals surface area contributed by atoms with Crippen LogP contribution >= 0.6 is 0 Å². The van der Waals surface area contributed by atoms with Crippen molar-refractivity contribution in [2.45, 2.75) is 56.0 Å². The topological polar surface area (TPSA) is 61.9 Å². The van der Waals surface area contributed by atoms with Gasteiger partial charge in [0.25, 0.3) is 10.2 Å². The van der Waals surface area contributed by atoms with E-state index in [9.17, 15) is 21.6 Å². The van der Waals surface area contributed by atoms with Crippen molar-refractivity contribution >= 4 is 16.3 Å². The van der Waals surface area contributed by atoms with Crippen LogP contribution < -0.4 is 4.72 Å².